The van der Waals surface area contributed by atoms with Crippen molar-refractivity contribution >= 4 is 34.0 Å². The molecule has 1 heterocycles. The van der Waals surface area contributed by atoms with Gasteiger partial charge >= 0.3 is 5.97 Å². The Hall–Kier alpha value is -3.58. The summed E-state index contributed by atoms with van der Waals surface area (Å²) >= 11 is 0. The van der Waals surface area contributed by atoms with Gasteiger partial charge in [0, 0.05) is 24.5 Å². The summed E-state index contributed by atoms with van der Waals surface area (Å²) in [5.74, 6) is -1.39. The van der Waals surface area contributed by atoms with Crippen molar-refractivity contribution < 1.29 is 24.2 Å². The number of carbonyl (C=O) groups is 2. The summed E-state index contributed by atoms with van der Waals surface area (Å²) in [6.45, 7) is 4.57. The van der Waals surface area contributed by atoms with E-state index in [1.807, 2.05) is 48.5 Å². The van der Waals surface area contributed by atoms with Crippen molar-refractivity contribution in [2.24, 2.45) is 0 Å². The lowest BCUT2D eigenvalue weighted by atomic mass is 10.1. The number of benzene rings is 3. The minimum atomic E-state index is -1.03. The molecule has 1 aliphatic heterocycles. The number of aromatic hydroxyl groups is 1. The van der Waals surface area contributed by atoms with Crippen molar-refractivity contribution in [2.45, 2.75) is 13.0 Å². The van der Waals surface area contributed by atoms with Crippen LogP contribution in [0.3, 0.4) is 0 Å². The summed E-state index contributed by atoms with van der Waals surface area (Å²) in [4.78, 5) is 27.2. The Labute approximate surface area is 180 Å². The first-order chi connectivity index (χ1) is 15.0. The molecule has 1 fully saturated rings. The molecule has 1 aliphatic rings. The molecule has 1 atom stereocenters. The summed E-state index contributed by atoms with van der Waals surface area (Å²) in [5, 5.41) is 14.5. The molecule has 3 aromatic carbocycles. The molecule has 7 nitrogen and oxygen atoms in total. The topological polar surface area (TPSA) is 88.1 Å². The summed E-state index contributed by atoms with van der Waals surface area (Å²) < 4.78 is 10.6. The third-order valence-electron chi connectivity index (χ3n) is 5.25. The van der Waals surface area contributed by atoms with Gasteiger partial charge in [-0.2, -0.15) is 0 Å². The monoisotopic (exact) mass is 420 g/mol. The minimum absolute atomic E-state index is 0.0215. The summed E-state index contributed by atoms with van der Waals surface area (Å²) in [6.07, 6.45) is -1.03. The van der Waals surface area contributed by atoms with Gasteiger partial charge in [-0.1, -0.05) is 24.3 Å². The van der Waals surface area contributed by atoms with E-state index in [1.54, 1.807) is 6.07 Å². The van der Waals surface area contributed by atoms with Crippen molar-refractivity contribution in [1.82, 2.24) is 0 Å². The number of fused-ring (bicyclic) bond motifs is 1. The fraction of sp³-hybridized carbons (Fsp3) is 0.250. The van der Waals surface area contributed by atoms with Gasteiger partial charge in [0.25, 0.3) is 5.91 Å². The number of phenolic OH excluding ortho intramolecular Hbond substituents is 1. The van der Waals surface area contributed by atoms with E-state index in [0.29, 0.717) is 18.9 Å². The zero-order valence-electron chi connectivity index (χ0n) is 17.2. The Morgan fingerprint density at radius 1 is 1.03 bits per heavy atom. The molecule has 1 amide bonds. The second kappa shape index (κ2) is 9.06. The molecule has 1 saturated heterocycles. The molecule has 7 heteroatoms. The number of hydrogen-bond acceptors (Lipinski definition) is 6. The average Bonchev–Trinajstić information content (AvgIpc) is 2.79. The van der Waals surface area contributed by atoms with Crippen molar-refractivity contribution in [3.05, 3.63) is 66.2 Å². The lowest BCUT2D eigenvalue weighted by molar-refractivity contribution is -0.123. The fourth-order valence-electron chi connectivity index (χ4n) is 3.49. The SMILES string of the molecule is CC(OC(=O)c1cc2ccccc2cc1O)C(=O)Nc1ccc(N2CCOCC2)cc1. The van der Waals surface area contributed by atoms with E-state index in [-0.39, 0.29) is 11.3 Å². The average molecular weight is 420 g/mol. The second-order valence-electron chi connectivity index (χ2n) is 7.40. The van der Waals surface area contributed by atoms with E-state index < -0.39 is 18.0 Å². The van der Waals surface area contributed by atoms with Crippen LogP contribution in [0.4, 0.5) is 11.4 Å². The highest BCUT2D eigenvalue weighted by Gasteiger charge is 2.22. The van der Waals surface area contributed by atoms with E-state index in [1.165, 1.54) is 13.0 Å². The summed E-state index contributed by atoms with van der Waals surface area (Å²) in [7, 11) is 0. The van der Waals surface area contributed by atoms with Crippen molar-refractivity contribution in [2.75, 3.05) is 36.5 Å². The number of nitrogens with zero attached hydrogens (tertiary/aromatic N) is 1. The van der Waals surface area contributed by atoms with E-state index in [2.05, 4.69) is 10.2 Å². The zero-order valence-corrected chi connectivity index (χ0v) is 17.2. The lowest BCUT2D eigenvalue weighted by Crippen LogP contribution is -2.36. The van der Waals surface area contributed by atoms with Gasteiger partial charge in [-0.25, -0.2) is 4.79 Å². The van der Waals surface area contributed by atoms with Gasteiger partial charge in [0.2, 0.25) is 0 Å². The normalized spacial score (nSPS) is 14.8. The number of carbonyl (C=O) groups excluding carboxylic acids is 2. The zero-order chi connectivity index (χ0) is 21.8. The number of esters is 1. The predicted octanol–water partition coefficient (Wildman–Crippen LogP) is 3.57. The molecule has 3 aromatic rings. The maximum absolute atomic E-state index is 12.5. The molecular weight excluding hydrogens is 396 g/mol. The van der Waals surface area contributed by atoms with Crippen LogP contribution in [-0.2, 0) is 14.3 Å². The van der Waals surface area contributed by atoms with Gasteiger partial charge in [-0.05, 0) is 54.1 Å². The molecule has 160 valence electrons. The quantitative estimate of drug-likeness (QED) is 0.614. The molecule has 0 aliphatic carbocycles. The molecule has 0 bridgehead atoms. The number of anilines is 2. The molecule has 0 spiro atoms. The molecule has 31 heavy (non-hydrogen) atoms. The van der Waals surface area contributed by atoms with Crippen LogP contribution in [0.25, 0.3) is 10.8 Å². The van der Waals surface area contributed by atoms with Crippen LogP contribution in [0, 0.1) is 0 Å². The summed E-state index contributed by atoms with van der Waals surface area (Å²) in [6, 6.07) is 17.9. The largest absolute Gasteiger partial charge is 0.507 e. The fourth-order valence-corrected chi connectivity index (χ4v) is 3.49. The molecule has 4 rings (SSSR count). The standard InChI is InChI=1S/C24H24N2O5/c1-16(31-24(29)21-14-17-4-2-3-5-18(17)15-22(21)27)23(28)25-19-6-8-20(9-7-19)26-10-12-30-13-11-26/h2-9,14-16,27H,10-13H2,1H3,(H,25,28). The van der Waals surface area contributed by atoms with Crippen molar-refractivity contribution in [1.29, 1.82) is 0 Å². The van der Waals surface area contributed by atoms with Crippen LogP contribution < -0.4 is 10.2 Å². The van der Waals surface area contributed by atoms with Gasteiger partial charge in [0.1, 0.15) is 11.3 Å². The van der Waals surface area contributed by atoms with Gasteiger partial charge in [0.15, 0.2) is 6.10 Å². The highest BCUT2D eigenvalue weighted by Crippen LogP contribution is 2.26. The maximum atomic E-state index is 12.5. The second-order valence-corrected chi connectivity index (χ2v) is 7.40. The van der Waals surface area contributed by atoms with Crippen LogP contribution in [0.1, 0.15) is 17.3 Å². The first-order valence-corrected chi connectivity index (χ1v) is 10.2. The van der Waals surface area contributed by atoms with E-state index in [9.17, 15) is 14.7 Å². The number of phenols is 1. The highest BCUT2D eigenvalue weighted by atomic mass is 16.5. The Kier molecular flexibility index (Phi) is 6.04. The molecule has 0 radical (unpaired) electrons. The van der Waals surface area contributed by atoms with Gasteiger partial charge in [-0.15, -0.1) is 0 Å². The number of hydrogen-bond donors (Lipinski definition) is 2. The third-order valence-corrected chi connectivity index (χ3v) is 5.25. The highest BCUT2D eigenvalue weighted by molar-refractivity contribution is 6.01. The first kappa shape index (κ1) is 20.7. The molecule has 2 N–H and O–H groups in total. The smallest absolute Gasteiger partial charge is 0.342 e. The molecule has 0 saturated carbocycles. The number of nitrogens with one attached hydrogen (secondary N) is 1. The van der Waals surface area contributed by atoms with E-state index >= 15 is 0 Å². The van der Waals surface area contributed by atoms with E-state index in [0.717, 1.165) is 29.5 Å². The first-order valence-electron chi connectivity index (χ1n) is 10.2. The molecule has 1 unspecified atom stereocenters. The number of rotatable bonds is 5. The lowest BCUT2D eigenvalue weighted by Gasteiger charge is -2.28. The minimum Gasteiger partial charge on any atom is -0.507 e. The Morgan fingerprint density at radius 3 is 2.35 bits per heavy atom. The van der Waals surface area contributed by atoms with Gasteiger partial charge in [-0.3, -0.25) is 4.79 Å². The van der Waals surface area contributed by atoms with Crippen LogP contribution in [0.2, 0.25) is 0 Å². The van der Waals surface area contributed by atoms with Gasteiger partial charge in [0.05, 0.1) is 13.2 Å². The van der Waals surface area contributed by atoms with Crippen LogP contribution >= 0.6 is 0 Å². The number of amides is 1. The number of morpholine rings is 1. The maximum Gasteiger partial charge on any atom is 0.342 e. The molecule has 0 aromatic heterocycles. The Balaban J connectivity index is 1.38. The molecular formula is C24H24N2O5. The van der Waals surface area contributed by atoms with Crippen LogP contribution in [0.15, 0.2) is 60.7 Å². The Morgan fingerprint density at radius 2 is 1.68 bits per heavy atom. The van der Waals surface area contributed by atoms with Crippen molar-refractivity contribution in [3.63, 3.8) is 0 Å². The third kappa shape index (κ3) is 4.78. The van der Waals surface area contributed by atoms with Crippen LogP contribution in [-0.4, -0.2) is 49.4 Å². The van der Waals surface area contributed by atoms with E-state index in [4.69, 9.17) is 9.47 Å². The van der Waals surface area contributed by atoms with Crippen LogP contribution in [0.5, 0.6) is 5.75 Å². The van der Waals surface area contributed by atoms with Gasteiger partial charge < -0.3 is 24.8 Å². The van der Waals surface area contributed by atoms with Crippen molar-refractivity contribution in [3.8, 4) is 5.75 Å². The summed E-state index contributed by atoms with van der Waals surface area (Å²) in [5.41, 5.74) is 1.69. The number of ether oxygens (including phenoxy) is 2. The predicted molar refractivity (Wildman–Crippen MR) is 119 cm³/mol. The Bertz CT molecular complexity index is 1090.